The van der Waals surface area contributed by atoms with Crippen molar-refractivity contribution in [3.63, 3.8) is 0 Å². The Morgan fingerprint density at radius 2 is 1.65 bits per heavy atom. The highest BCUT2D eigenvalue weighted by Gasteiger charge is 2.23. The van der Waals surface area contributed by atoms with Crippen molar-refractivity contribution in [1.29, 1.82) is 0 Å². The summed E-state index contributed by atoms with van der Waals surface area (Å²) in [7, 11) is 0.579. The van der Waals surface area contributed by atoms with Crippen molar-refractivity contribution >= 4 is 21.6 Å². The monoisotopic (exact) mass is 378 g/mol. The third-order valence-corrected chi connectivity index (χ3v) is 5.63. The smallest absolute Gasteiger partial charge is 0.264 e. The number of benzene rings is 2. The minimum Gasteiger partial charge on any atom is -0.493 e. The summed E-state index contributed by atoms with van der Waals surface area (Å²) in [5.74, 6) is 0.568. The molecule has 0 aliphatic carbocycles. The number of carbonyl (C=O) groups excluding carboxylic acids is 1. The Bertz CT molecular complexity index is 879. The molecule has 0 radical (unpaired) electrons. The van der Waals surface area contributed by atoms with Gasteiger partial charge in [-0.05, 0) is 43.3 Å². The number of hydrogen-bond donors (Lipinski definition) is 1. The fraction of sp³-hybridized carbons (Fsp3) is 0.278. The Labute approximate surface area is 153 Å². The average Bonchev–Trinajstić information content (AvgIpc) is 2.67. The fourth-order valence-electron chi connectivity index (χ4n) is 2.36. The number of carbonyl (C=O) groups is 1. The number of nitrogens with zero attached hydrogens (tertiary/aromatic N) is 1. The predicted octanol–water partition coefficient (Wildman–Crippen LogP) is 2.28. The van der Waals surface area contributed by atoms with Crippen LogP contribution in [0.1, 0.15) is 17.3 Å². The van der Waals surface area contributed by atoms with Gasteiger partial charge in [-0.1, -0.05) is 0 Å². The summed E-state index contributed by atoms with van der Waals surface area (Å²) in [4.78, 5) is 11.9. The Hall–Kier alpha value is -2.74. The van der Waals surface area contributed by atoms with E-state index in [0.29, 0.717) is 29.3 Å². The first-order valence-electron chi connectivity index (χ1n) is 7.94. The van der Waals surface area contributed by atoms with Crippen LogP contribution in [-0.2, 0) is 10.0 Å². The van der Waals surface area contributed by atoms with Crippen molar-refractivity contribution in [1.82, 2.24) is 5.32 Å². The molecule has 0 heterocycles. The zero-order valence-corrected chi connectivity index (χ0v) is 16.0. The normalized spacial score (nSPS) is 10.9. The highest BCUT2D eigenvalue weighted by molar-refractivity contribution is 7.92. The van der Waals surface area contributed by atoms with Crippen LogP contribution in [-0.4, -0.2) is 42.1 Å². The summed E-state index contributed by atoms with van der Waals surface area (Å²) in [6.07, 6.45) is 0. The molecule has 0 unspecified atom stereocenters. The molecule has 0 aliphatic rings. The SMILES string of the molecule is CCNC(=O)c1ccc(N(C)S(=O)(=O)c2ccc(OC)c(OC)c2)cc1. The van der Waals surface area contributed by atoms with Gasteiger partial charge in [-0.3, -0.25) is 9.10 Å². The molecule has 1 amide bonds. The summed E-state index contributed by atoms with van der Waals surface area (Å²) in [6, 6.07) is 10.7. The van der Waals surface area contributed by atoms with Crippen molar-refractivity contribution in [3.05, 3.63) is 48.0 Å². The summed E-state index contributed by atoms with van der Waals surface area (Å²) < 4.78 is 37.2. The minimum atomic E-state index is -3.80. The van der Waals surface area contributed by atoms with Crippen molar-refractivity contribution in [2.24, 2.45) is 0 Å². The van der Waals surface area contributed by atoms with Crippen LogP contribution in [0.15, 0.2) is 47.4 Å². The molecule has 0 saturated heterocycles. The average molecular weight is 378 g/mol. The summed E-state index contributed by atoms with van der Waals surface area (Å²) in [6.45, 7) is 2.35. The zero-order chi connectivity index (χ0) is 19.3. The first-order valence-corrected chi connectivity index (χ1v) is 9.38. The Kier molecular flexibility index (Phi) is 6.10. The lowest BCUT2D eigenvalue weighted by atomic mass is 10.2. The molecule has 0 aliphatic heterocycles. The molecule has 0 bridgehead atoms. The van der Waals surface area contributed by atoms with Gasteiger partial charge >= 0.3 is 0 Å². The van der Waals surface area contributed by atoms with Crippen LogP contribution in [0.25, 0.3) is 0 Å². The van der Waals surface area contributed by atoms with E-state index < -0.39 is 10.0 Å². The number of methoxy groups -OCH3 is 2. The number of nitrogens with one attached hydrogen (secondary N) is 1. The number of hydrogen-bond acceptors (Lipinski definition) is 5. The van der Waals surface area contributed by atoms with Gasteiger partial charge in [-0.25, -0.2) is 8.42 Å². The number of ether oxygens (including phenoxy) is 2. The van der Waals surface area contributed by atoms with Gasteiger partial charge in [0.15, 0.2) is 11.5 Å². The molecule has 2 aromatic carbocycles. The second-order valence-corrected chi connectivity index (χ2v) is 7.36. The van der Waals surface area contributed by atoms with Gasteiger partial charge in [0.05, 0.1) is 24.8 Å². The molecule has 0 atom stereocenters. The van der Waals surface area contributed by atoms with Crippen molar-refractivity contribution < 1.29 is 22.7 Å². The van der Waals surface area contributed by atoms with E-state index in [1.54, 1.807) is 24.3 Å². The minimum absolute atomic E-state index is 0.0745. The first kappa shape index (κ1) is 19.6. The predicted molar refractivity (Wildman–Crippen MR) is 99.6 cm³/mol. The van der Waals surface area contributed by atoms with Gasteiger partial charge < -0.3 is 14.8 Å². The van der Waals surface area contributed by atoms with E-state index in [2.05, 4.69) is 5.32 Å². The molecule has 0 fully saturated rings. The Balaban J connectivity index is 2.33. The highest BCUT2D eigenvalue weighted by Crippen LogP contribution is 2.31. The number of anilines is 1. The second-order valence-electron chi connectivity index (χ2n) is 5.40. The molecule has 0 aromatic heterocycles. The van der Waals surface area contributed by atoms with Crippen molar-refractivity contribution in [3.8, 4) is 11.5 Å². The van der Waals surface area contributed by atoms with Crippen LogP contribution in [0, 0.1) is 0 Å². The van der Waals surface area contributed by atoms with Crippen LogP contribution < -0.4 is 19.1 Å². The van der Waals surface area contributed by atoms with E-state index in [-0.39, 0.29) is 10.8 Å². The highest BCUT2D eigenvalue weighted by atomic mass is 32.2. The van der Waals surface area contributed by atoms with Gasteiger partial charge in [0.25, 0.3) is 15.9 Å². The lowest BCUT2D eigenvalue weighted by molar-refractivity contribution is 0.0956. The fourth-order valence-corrected chi connectivity index (χ4v) is 3.57. The van der Waals surface area contributed by atoms with Crippen molar-refractivity contribution in [2.45, 2.75) is 11.8 Å². The Morgan fingerprint density at radius 1 is 1.04 bits per heavy atom. The van der Waals surface area contributed by atoms with Crippen LogP contribution >= 0.6 is 0 Å². The molecule has 1 N–H and O–H groups in total. The van der Waals surface area contributed by atoms with Gasteiger partial charge in [0.2, 0.25) is 0 Å². The van der Waals surface area contributed by atoms with E-state index in [1.807, 2.05) is 6.92 Å². The molecule has 2 rings (SSSR count). The van der Waals surface area contributed by atoms with E-state index in [9.17, 15) is 13.2 Å². The largest absolute Gasteiger partial charge is 0.493 e. The molecule has 26 heavy (non-hydrogen) atoms. The lowest BCUT2D eigenvalue weighted by Gasteiger charge is -2.20. The molecular weight excluding hydrogens is 356 g/mol. The lowest BCUT2D eigenvalue weighted by Crippen LogP contribution is -2.27. The van der Waals surface area contributed by atoms with E-state index in [4.69, 9.17) is 9.47 Å². The van der Waals surface area contributed by atoms with Gasteiger partial charge in [0.1, 0.15) is 0 Å². The maximum atomic E-state index is 12.9. The molecule has 0 saturated carbocycles. The summed E-state index contributed by atoms with van der Waals surface area (Å²) in [5.41, 5.74) is 0.903. The number of sulfonamides is 1. The van der Waals surface area contributed by atoms with Crippen LogP contribution in [0.2, 0.25) is 0 Å². The quantitative estimate of drug-likeness (QED) is 0.799. The van der Waals surface area contributed by atoms with Crippen molar-refractivity contribution in [2.75, 3.05) is 32.1 Å². The topological polar surface area (TPSA) is 84.9 Å². The maximum Gasteiger partial charge on any atom is 0.264 e. The molecule has 2 aromatic rings. The number of rotatable bonds is 7. The molecule has 7 nitrogen and oxygen atoms in total. The summed E-state index contributed by atoms with van der Waals surface area (Å²) in [5, 5.41) is 2.69. The molecular formula is C18H22N2O5S. The van der Waals surface area contributed by atoms with Gasteiger partial charge in [0, 0.05) is 25.2 Å². The van der Waals surface area contributed by atoms with Gasteiger partial charge in [-0.15, -0.1) is 0 Å². The van der Waals surface area contributed by atoms with Gasteiger partial charge in [-0.2, -0.15) is 0 Å². The molecule has 140 valence electrons. The third-order valence-electron chi connectivity index (χ3n) is 3.84. The second kappa shape index (κ2) is 8.09. The number of amides is 1. The maximum absolute atomic E-state index is 12.9. The Morgan fingerprint density at radius 3 is 2.19 bits per heavy atom. The first-order chi connectivity index (χ1) is 12.3. The third kappa shape index (κ3) is 3.91. The molecule has 8 heteroatoms. The zero-order valence-electron chi connectivity index (χ0n) is 15.1. The van der Waals surface area contributed by atoms with Crippen LogP contribution in [0.3, 0.4) is 0 Å². The molecule has 0 spiro atoms. The van der Waals surface area contributed by atoms with E-state index in [1.165, 1.54) is 39.5 Å². The van der Waals surface area contributed by atoms with E-state index in [0.717, 1.165) is 4.31 Å². The van der Waals surface area contributed by atoms with Crippen LogP contribution in [0.4, 0.5) is 5.69 Å². The standard InChI is InChI=1S/C18H22N2O5S/c1-5-19-18(21)13-6-8-14(9-7-13)20(2)26(22,23)15-10-11-16(24-3)17(12-15)25-4/h6-12H,5H2,1-4H3,(H,19,21). The van der Waals surface area contributed by atoms with Crippen LogP contribution in [0.5, 0.6) is 11.5 Å². The van der Waals surface area contributed by atoms with E-state index >= 15 is 0 Å². The summed E-state index contributed by atoms with van der Waals surface area (Å²) >= 11 is 0.